The monoisotopic (exact) mass is 528 g/mol. The summed E-state index contributed by atoms with van der Waals surface area (Å²) in [6, 6.07) is 11.4. The van der Waals surface area contributed by atoms with Gasteiger partial charge in [0.05, 0.1) is 22.7 Å². The summed E-state index contributed by atoms with van der Waals surface area (Å²) in [7, 11) is 1.63. The van der Waals surface area contributed by atoms with Crippen LogP contribution in [0.3, 0.4) is 0 Å². The minimum atomic E-state index is -0.741. The molecule has 0 radical (unpaired) electrons. The minimum Gasteiger partial charge on any atom is -0.497 e. The molecule has 4 rings (SSSR count). The lowest BCUT2D eigenvalue weighted by Crippen LogP contribution is -2.42. The van der Waals surface area contributed by atoms with Gasteiger partial charge in [0.15, 0.2) is 0 Å². The maximum Gasteiger partial charge on any atom is 0.303 e. The van der Waals surface area contributed by atoms with Crippen LogP contribution in [0.1, 0.15) is 37.3 Å². The Hall–Kier alpha value is -2.39. The number of nitrogens with two attached hydrogens (primary N) is 1. The van der Waals surface area contributed by atoms with Gasteiger partial charge in [-0.2, -0.15) is 0 Å². The molecule has 36 heavy (non-hydrogen) atoms. The summed E-state index contributed by atoms with van der Waals surface area (Å²) in [5.41, 5.74) is 8.38. The number of fused-ring (bicyclic) bond motifs is 1. The van der Waals surface area contributed by atoms with Crippen LogP contribution in [-0.2, 0) is 4.79 Å². The van der Waals surface area contributed by atoms with E-state index in [1.54, 1.807) is 31.3 Å². The van der Waals surface area contributed by atoms with E-state index in [4.69, 9.17) is 22.1 Å². The zero-order valence-corrected chi connectivity index (χ0v) is 22.0. The third-order valence-electron chi connectivity index (χ3n) is 6.99. The summed E-state index contributed by atoms with van der Waals surface area (Å²) in [6.45, 7) is 2.68. The van der Waals surface area contributed by atoms with Crippen LogP contribution in [0.15, 0.2) is 53.8 Å². The van der Waals surface area contributed by atoms with Crippen LogP contribution < -0.4 is 10.5 Å². The van der Waals surface area contributed by atoms with Crippen LogP contribution in [0, 0.1) is 11.8 Å². The number of halogens is 1. The molecule has 3 heterocycles. The molecule has 2 aromatic heterocycles. The van der Waals surface area contributed by atoms with E-state index in [-0.39, 0.29) is 18.4 Å². The number of methoxy groups -OCH3 is 1. The van der Waals surface area contributed by atoms with Gasteiger partial charge in [-0.1, -0.05) is 17.7 Å². The zero-order chi connectivity index (χ0) is 25.5. The molecule has 9 heteroatoms. The summed E-state index contributed by atoms with van der Waals surface area (Å²) < 4.78 is 5.39. The number of likely N-dealkylation sites (tertiary alicyclic amines) is 1. The Bertz CT molecular complexity index is 1170. The first-order valence-corrected chi connectivity index (χ1v) is 13.7. The molecule has 1 aliphatic heterocycles. The number of aliphatic carboxylic acids is 1. The summed E-state index contributed by atoms with van der Waals surface area (Å²) in [5.74, 6) is 1.34. The van der Waals surface area contributed by atoms with E-state index in [1.165, 1.54) is 0 Å². The van der Waals surface area contributed by atoms with E-state index < -0.39 is 5.97 Å². The highest BCUT2D eigenvalue weighted by Gasteiger charge is 2.31. The average molecular weight is 529 g/mol. The van der Waals surface area contributed by atoms with E-state index >= 15 is 0 Å². The number of hydrogen-bond donors (Lipinski definition) is 2. The fourth-order valence-electron chi connectivity index (χ4n) is 5.12. The summed E-state index contributed by atoms with van der Waals surface area (Å²) in [5, 5.41) is 12.0. The van der Waals surface area contributed by atoms with E-state index in [2.05, 4.69) is 14.9 Å². The van der Waals surface area contributed by atoms with Crippen LogP contribution in [0.5, 0.6) is 5.75 Å². The second-order valence-electron chi connectivity index (χ2n) is 9.31. The van der Waals surface area contributed by atoms with Gasteiger partial charge in [-0.25, -0.2) is 4.98 Å². The second kappa shape index (κ2) is 12.7. The predicted molar refractivity (Wildman–Crippen MR) is 145 cm³/mol. The fraction of sp³-hybridized carbons (Fsp3) is 0.444. The van der Waals surface area contributed by atoms with E-state index in [0.29, 0.717) is 10.9 Å². The number of benzene rings is 1. The molecule has 1 aromatic carbocycles. The van der Waals surface area contributed by atoms with Gasteiger partial charge in [0.2, 0.25) is 0 Å². The number of rotatable bonds is 11. The highest BCUT2D eigenvalue weighted by Crippen LogP contribution is 2.36. The van der Waals surface area contributed by atoms with Crippen molar-refractivity contribution in [3.8, 4) is 5.75 Å². The van der Waals surface area contributed by atoms with Crippen molar-refractivity contribution in [3.63, 3.8) is 0 Å². The first-order valence-electron chi connectivity index (χ1n) is 12.3. The fourth-order valence-corrected chi connectivity index (χ4v) is 6.28. The van der Waals surface area contributed by atoms with E-state index in [9.17, 15) is 9.90 Å². The number of carboxylic acids is 1. The van der Waals surface area contributed by atoms with Gasteiger partial charge >= 0.3 is 5.97 Å². The minimum absolute atomic E-state index is 0.105. The van der Waals surface area contributed by atoms with Gasteiger partial charge in [0, 0.05) is 49.1 Å². The number of piperidine rings is 1. The number of thioether (sulfide) groups is 1. The molecule has 7 nitrogen and oxygen atoms in total. The number of hydrogen-bond acceptors (Lipinski definition) is 7. The molecule has 0 amide bonds. The molecule has 0 spiro atoms. The Labute approximate surface area is 221 Å². The van der Waals surface area contributed by atoms with Crippen LogP contribution in [-0.4, -0.2) is 58.4 Å². The Morgan fingerprint density at radius 2 is 2.17 bits per heavy atom. The smallest absolute Gasteiger partial charge is 0.303 e. The first-order chi connectivity index (χ1) is 17.4. The topological polar surface area (TPSA) is 102 Å². The zero-order valence-electron chi connectivity index (χ0n) is 20.5. The molecule has 1 saturated heterocycles. The molecule has 192 valence electrons. The molecule has 0 unspecified atom stereocenters. The highest BCUT2D eigenvalue weighted by molar-refractivity contribution is 7.99. The average Bonchev–Trinajstić information content (AvgIpc) is 2.88. The first kappa shape index (κ1) is 26.7. The van der Waals surface area contributed by atoms with Crippen LogP contribution in [0.2, 0.25) is 5.02 Å². The van der Waals surface area contributed by atoms with E-state index in [0.717, 1.165) is 71.9 Å². The number of pyridine rings is 2. The number of carboxylic acid groups (broad SMARTS) is 1. The van der Waals surface area contributed by atoms with Gasteiger partial charge in [-0.15, -0.1) is 11.8 Å². The van der Waals surface area contributed by atoms with Gasteiger partial charge in [0.25, 0.3) is 0 Å². The molecule has 0 aliphatic carbocycles. The lowest BCUT2D eigenvalue weighted by Gasteiger charge is -2.38. The van der Waals surface area contributed by atoms with Gasteiger partial charge < -0.3 is 20.5 Å². The summed E-state index contributed by atoms with van der Waals surface area (Å²) in [6.07, 6.45) is 6.20. The molecule has 0 bridgehead atoms. The highest BCUT2D eigenvalue weighted by atomic mass is 35.5. The van der Waals surface area contributed by atoms with E-state index in [1.807, 2.05) is 36.4 Å². The quantitative estimate of drug-likeness (QED) is 0.324. The third kappa shape index (κ3) is 6.88. The second-order valence-corrected chi connectivity index (χ2v) is 10.8. The Kier molecular flexibility index (Phi) is 9.42. The van der Waals surface area contributed by atoms with Crippen molar-refractivity contribution >= 4 is 40.2 Å². The summed E-state index contributed by atoms with van der Waals surface area (Å²) in [4.78, 5) is 22.8. The van der Waals surface area contributed by atoms with Crippen molar-refractivity contribution in [1.29, 1.82) is 0 Å². The Balaban J connectivity index is 1.38. The maximum absolute atomic E-state index is 11.6. The van der Waals surface area contributed by atoms with Gasteiger partial charge in [-0.3, -0.25) is 9.78 Å². The SMILES string of the molecule is COc1ccc2ncc(Cl)c([C@@H](N)CC[C@@H]3CCN(CCSc4ccccn4)C[C@H]3CC(=O)O)c2c1. The number of carbonyl (C=O) groups is 1. The molecule has 1 aliphatic rings. The third-order valence-corrected chi connectivity index (χ3v) is 8.22. The summed E-state index contributed by atoms with van der Waals surface area (Å²) >= 11 is 8.28. The van der Waals surface area contributed by atoms with Gasteiger partial charge in [-0.05, 0) is 73.5 Å². The predicted octanol–water partition coefficient (Wildman–Crippen LogP) is 5.28. The molecule has 0 saturated carbocycles. The number of aromatic nitrogens is 2. The molecular formula is C27H33ClN4O3S. The van der Waals surface area contributed by atoms with Crippen LogP contribution in [0.25, 0.3) is 10.9 Å². The van der Waals surface area contributed by atoms with Crippen molar-refractivity contribution in [3.05, 3.63) is 59.4 Å². The molecule has 3 atom stereocenters. The van der Waals surface area contributed by atoms with Crippen molar-refractivity contribution in [2.75, 3.05) is 32.5 Å². The van der Waals surface area contributed by atoms with Crippen molar-refractivity contribution in [2.45, 2.75) is 36.8 Å². The van der Waals surface area contributed by atoms with Crippen LogP contribution in [0.4, 0.5) is 0 Å². The molecule has 3 N–H and O–H groups in total. The largest absolute Gasteiger partial charge is 0.497 e. The normalized spacial score (nSPS) is 19.3. The Morgan fingerprint density at radius 1 is 1.31 bits per heavy atom. The Morgan fingerprint density at radius 3 is 2.92 bits per heavy atom. The number of nitrogens with zero attached hydrogens (tertiary/aromatic N) is 3. The van der Waals surface area contributed by atoms with Crippen molar-refractivity contribution < 1.29 is 14.6 Å². The lowest BCUT2D eigenvalue weighted by molar-refractivity contribution is -0.139. The van der Waals surface area contributed by atoms with Crippen LogP contribution >= 0.6 is 23.4 Å². The van der Waals surface area contributed by atoms with Crippen molar-refractivity contribution in [1.82, 2.24) is 14.9 Å². The molecule has 1 fully saturated rings. The molecular weight excluding hydrogens is 496 g/mol. The van der Waals surface area contributed by atoms with Gasteiger partial charge in [0.1, 0.15) is 5.75 Å². The lowest BCUT2D eigenvalue weighted by atomic mass is 9.79. The maximum atomic E-state index is 11.6. The standard InChI is InChI=1S/C27H33ClN4O3S/c1-35-20-6-8-24-21(15-20)27(22(28)16-31-24)23(29)7-5-18-9-11-32(17-19(18)14-26(33)34)12-13-36-25-4-2-3-10-30-25/h2-4,6,8,10,15-16,18-19,23H,5,7,9,11-14,17,29H2,1H3,(H,33,34)/t18-,19-,23+/m1/s1. The molecule has 3 aromatic rings. The van der Waals surface area contributed by atoms with Crippen molar-refractivity contribution in [2.24, 2.45) is 17.6 Å². The number of ether oxygens (including phenoxy) is 1.